The summed E-state index contributed by atoms with van der Waals surface area (Å²) in [5.74, 6) is 0. The smallest absolute Gasteiger partial charge is 0.186 e. The van der Waals surface area contributed by atoms with E-state index in [0.717, 1.165) is 16.8 Å². The van der Waals surface area contributed by atoms with Crippen molar-refractivity contribution < 1.29 is 5.11 Å². The normalized spacial score (nSPS) is 17.8. The summed E-state index contributed by atoms with van der Waals surface area (Å²) in [6, 6.07) is 15.2. The maximum absolute atomic E-state index is 10.0. The van der Waals surface area contributed by atoms with Crippen molar-refractivity contribution in [1.82, 2.24) is 0 Å². The number of fused-ring (bicyclic) bond motifs is 1. The molecule has 0 saturated heterocycles. The fourth-order valence-corrected chi connectivity index (χ4v) is 2.33. The zero-order valence-corrected chi connectivity index (χ0v) is 11.4. The third-order valence-corrected chi connectivity index (χ3v) is 3.38. The largest absolute Gasteiger partial charge is 0.367 e. The van der Waals surface area contributed by atoms with E-state index < -0.39 is 6.23 Å². The van der Waals surface area contributed by atoms with Gasteiger partial charge in [-0.1, -0.05) is 48.5 Å². The van der Waals surface area contributed by atoms with E-state index in [2.05, 4.69) is 16.9 Å². The molecule has 0 spiro atoms. The SMILES string of the molecule is C=C1Nc2ccc(Cl)cc2C(c2ccccc2)=NC1O. The van der Waals surface area contributed by atoms with Crippen LogP contribution in [-0.4, -0.2) is 17.0 Å². The van der Waals surface area contributed by atoms with Gasteiger partial charge in [-0.15, -0.1) is 0 Å². The molecule has 4 heteroatoms. The number of hydrogen-bond donors (Lipinski definition) is 2. The van der Waals surface area contributed by atoms with Crippen LogP contribution in [0.5, 0.6) is 0 Å². The molecule has 1 heterocycles. The highest BCUT2D eigenvalue weighted by Gasteiger charge is 2.20. The summed E-state index contributed by atoms with van der Waals surface area (Å²) in [7, 11) is 0. The van der Waals surface area contributed by atoms with Crippen LogP contribution in [0.1, 0.15) is 11.1 Å². The molecule has 20 heavy (non-hydrogen) atoms. The molecule has 100 valence electrons. The number of nitrogens with zero attached hydrogens (tertiary/aromatic N) is 1. The number of benzodiazepines with no additional fused rings is 1. The van der Waals surface area contributed by atoms with Crippen molar-refractivity contribution in [3.8, 4) is 0 Å². The molecule has 0 bridgehead atoms. The predicted octanol–water partition coefficient (Wildman–Crippen LogP) is 3.44. The van der Waals surface area contributed by atoms with Gasteiger partial charge in [0.05, 0.1) is 11.4 Å². The van der Waals surface area contributed by atoms with Gasteiger partial charge in [-0.05, 0) is 18.2 Å². The maximum Gasteiger partial charge on any atom is 0.186 e. The van der Waals surface area contributed by atoms with Crippen molar-refractivity contribution in [2.24, 2.45) is 4.99 Å². The van der Waals surface area contributed by atoms with Crippen molar-refractivity contribution in [2.45, 2.75) is 6.23 Å². The zero-order chi connectivity index (χ0) is 14.1. The molecule has 2 aromatic carbocycles. The molecule has 1 unspecified atom stereocenters. The van der Waals surface area contributed by atoms with Crippen LogP contribution in [0, 0.1) is 0 Å². The Morgan fingerprint density at radius 3 is 2.65 bits per heavy atom. The molecule has 0 radical (unpaired) electrons. The minimum absolute atomic E-state index is 0.444. The first-order chi connectivity index (χ1) is 9.65. The van der Waals surface area contributed by atoms with Gasteiger partial charge >= 0.3 is 0 Å². The minimum atomic E-state index is -0.989. The first kappa shape index (κ1) is 12.9. The van der Waals surface area contributed by atoms with Crippen LogP contribution in [0.25, 0.3) is 0 Å². The van der Waals surface area contributed by atoms with Crippen molar-refractivity contribution in [3.05, 3.63) is 77.0 Å². The Morgan fingerprint density at radius 1 is 1.15 bits per heavy atom. The summed E-state index contributed by atoms with van der Waals surface area (Å²) in [5.41, 5.74) is 3.74. The Hall–Kier alpha value is -2.10. The van der Waals surface area contributed by atoms with Crippen molar-refractivity contribution in [2.75, 3.05) is 5.32 Å². The number of aliphatic hydroxyl groups is 1. The zero-order valence-electron chi connectivity index (χ0n) is 10.7. The number of aliphatic imine (C=N–C) groups is 1. The number of benzene rings is 2. The summed E-state index contributed by atoms with van der Waals surface area (Å²) in [4.78, 5) is 4.36. The van der Waals surface area contributed by atoms with E-state index in [1.807, 2.05) is 42.5 Å². The van der Waals surface area contributed by atoms with Crippen molar-refractivity contribution in [1.29, 1.82) is 0 Å². The molecule has 1 atom stereocenters. The Balaban J connectivity index is 2.23. The lowest BCUT2D eigenvalue weighted by Crippen LogP contribution is -2.12. The Kier molecular flexibility index (Phi) is 3.30. The van der Waals surface area contributed by atoms with Crippen molar-refractivity contribution >= 4 is 23.0 Å². The molecule has 0 amide bonds. The first-order valence-electron chi connectivity index (χ1n) is 6.22. The van der Waals surface area contributed by atoms with Gasteiger partial charge in [0.2, 0.25) is 0 Å². The minimum Gasteiger partial charge on any atom is -0.367 e. The lowest BCUT2D eigenvalue weighted by molar-refractivity contribution is 0.224. The van der Waals surface area contributed by atoms with Crippen LogP contribution in [-0.2, 0) is 0 Å². The average Bonchev–Trinajstić information content (AvgIpc) is 2.58. The molecule has 0 aromatic heterocycles. The Morgan fingerprint density at radius 2 is 1.90 bits per heavy atom. The van der Waals surface area contributed by atoms with Crippen LogP contribution < -0.4 is 5.32 Å². The third-order valence-electron chi connectivity index (χ3n) is 3.14. The fraction of sp³-hybridized carbons (Fsp3) is 0.0625. The monoisotopic (exact) mass is 284 g/mol. The Labute approximate surface area is 122 Å². The number of anilines is 1. The Bertz CT molecular complexity index is 695. The van der Waals surface area contributed by atoms with E-state index in [9.17, 15) is 5.11 Å². The maximum atomic E-state index is 10.0. The number of nitrogens with one attached hydrogen (secondary N) is 1. The quantitative estimate of drug-likeness (QED) is 0.842. The molecular weight excluding hydrogens is 272 g/mol. The van der Waals surface area contributed by atoms with E-state index in [-0.39, 0.29) is 0 Å². The van der Waals surface area contributed by atoms with Crippen LogP contribution >= 0.6 is 11.6 Å². The van der Waals surface area contributed by atoms with Crippen LogP contribution in [0.3, 0.4) is 0 Å². The number of halogens is 1. The first-order valence-corrected chi connectivity index (χ1v) is 6.60. The highest BCUT2D eigenvalue weighted by Crippen LogP contribution is 2.28. The molecule has 0 aliphatic carbocycles. The van der Waals surface area contributed by atoms with Gasteiger partial charge in [0, 0.05) is 21.8 Å². The van der Waals surface area contributed by atoms with Gasteiger partial charge in [-0.3, -0.25) is 0 Å². The lowest BCUT2D eigenvalue weighted by Gasteiger charge is -2.11. The van der Waals surface area contributed by atoms with E-state index in [1.54, 1.807) is 6.07 Å². The predicted molar refractivity (Wildman–Crippen MR) is 82.3 cm³/mol. The van der Waals surface area contributed by atoms with Gasteiger partial charge in [-0.25, -0.2) is 4.99 Å². The average molecular weight is 285 g/mol. The second-order valence-electron chi connectivity index (χ2n) is 4.56. The molecule has 3 rings (SSSR count). The summed E-state index contributed by atoms with van der Waals surface area (Å²) in [6.45, 7) is 3.80. The van der Waals surface area contributed by atoms with Gasteiger partial charge in [0.25, 0.3) is 0 Å². The van der Waals surface area contributed by atoms with E-state index >= 15 is 0 Å². The van der Waals surface area contributed by atoms with Gasteiger partial charge in [0.1, 0.15) is 0 Å². The molecule has 1 aliphatic rings. The molecule has 3 nitrogen and oxygen atoms in total. The fourth-order valence-electron chi connectivity index (χ4n) is 2.15. The molecule has 0 saturated carbocycles. The molecule has 2 N–H and O–H groups in total. The molecule has 0 fully saturated rings. The molecule has 2 aromatic rings. The highest BCUT2D eigenvalue weighted by atomic mass is 35.5. The van der Waals surface area contributed by atoms with Gasteiger partial charge in [0.15, 0.2) is 6.23 Å². The van der Waals surface area contributed by atoms with Gasteiger partial charge in [-0.2, -0.15) is 0 Å². The summed E-state index contributed by atoms with van der Waals surface area (Å²) in [5, 5.41) is 13.8. The van der Waals surface area contributed by atoms with Crippen LogP contribution in [0.4, 0.5) is 5.69 Å². The van der Waals surface area contributed by atoms with E-state index in [0.29, 0.717) is 16.4 Å². The van der Waals surface area contributed by atoms with E-state index in [4.69, 9.17) is 11.6 Å². The van der Waals surface area contributed by atoms with Crippen LogP contribution in [0.2, 0.25) is 5.02 Å². The molecular formula is C16H13ClN2O. The van der Waals surface area contributed by atoms with Crippen LogP contribution in [0.15, 0.2) is 65.8 Å². The summed E-state index contributed by atoms with van der Waals surface area (Å²) in [6.07, 6.45) is -0.989. The second kappa shape index (κ2) is 5.12. The lowest BCUT2D eigenvalue weighted by atomic mass is 10.0. The topological polar surface area (TPSA) is 44.6 Å². The number of hydrogen-bond acceptors (Lipinski definition) is 3. The van der Waals surface area contributed by atoms with E-state index in [1.165, 1.54) is 0 Å². The summed E-state index contributed by atoms with van der Waals surface area (Å²) < 4.78 is 0. The van der Waals surface area contributed by atoms with Crippen molar-refractivity contribution in [3.63, 3.8) is 0 Å². The standard InChI is InChI=1S/C16H13ClN2O/c1-10-16(20)19-15(11-5-3-2-4-6-11)13-9-12(17)7-8-14(13)18-10/h2-9,16,18,20H,1H2. The summed E-state index contributed by atoms with van der Waals surface area (Å²) >= 11 is 6.09. The molecule has 1 aliphatic heterocycles. The highest BCUT2D eigenvalue weighted by molar-refractivity contribution is 6.31. The third kappa shape index (κ3) is 2.33. The number of aliphatic hydroxyl groups excluding tert-OH is 1. The number of rotatable bonds is 1. The van der Waals surface area contributed by atoms with Gasteiger partial charge < -0.3 is 10.4 Å². The second-order valence-corrected chi connectivity index (χ2v) is 4.99.